The van der Waals surface area contributed by atoms with Crippen LogP contribution in [-0.2, 0) is 6.18 Å². The Morgan fingerprint density at radius 2 is 1.90 bits per heavy atom. The van der Waals surface area contributed by atoms with Crippen molar-refractivity contribution in [3.8, 4) is 11.1 Å². The predicted molar refractivity (Wildman–Crippen MR) is 69.3 cm³/mol. The summed E-state index contributed by atoms with van der Waals surface area (Å²) in [5.74, 6) is -1.31. The molecular weight excluding hydrogens is 339 g/mol. The number of carbonyl (C=O) groups is 1. The maximum absolute atomic E-state index is 13.0. The van der Waals surface area contributed by atoms with Gasteiger partial charge in [-0.3, -0.25) is 4.98 Å². The highest BCUT2D eigenvalue weighted by molar-refractivity contribution is 9.10. The van der Waals surface area contributed by atoms with Crippen LogP contribution in [0.1, 0.15) is 15.9 Å². The van der Waals surface area contributed by atoms with Gasteiger partial charge in [-0.25, -0.2) is 4.79 Å². The van der Waals surface area contributed by atoms with E-state index in [9.17, 15) is 18.0 Å². The summed E-state index contributed by atoms with van der Waals surface area (Å²) in [4.78, 5) is 14.8. The number of alkyl halides is 3. The number of pyridine rings is 1. The van der Waals surface area contributed by atoms with Crippen LogP contribution in [0, 0.1) is 0 Å². The zero-order valence-electron chi connectivity index (χ0n) is 9.78. The molecule has 0 amide bonds. The second kappa shape index (κ2) is 5.24. The maximum Gasteiger partial charge on any atom is 0.417 e. The molecule has 7 heteroatoms. The topological polar surface area (TPSA) is 50.2 Å². The van der Waals surface area contributed by atoms with Gasteiger partial charge in [0.1, 0.15) is 0 Å². The predicted octanol–water partition coefficient (Wildman–Crippen LogP) is 4.23. The van der Waals surface area contributed by atoms with Crippen LogP contribution in [0.2, 0.25) is 0 Å². The third-order valence-corrected chi connectivity index (χ3v) is 3.12. The van der Waals surface area contributed by atoms with E-state index in [1.165, 1.54) is 18.2 Å². The van der Waals surface area contributed by atoms with Crippen molar-refractivity contribution >= 4 is 21.9 Å². The molecule has 104 valence electrons. The SMILES string of the molecule is O=C(O)c1cc(Br)ccc1-c1cnccc1C(F)(F)F. The number of aromatic nitrogens is 1. The van der Waals surface area contributed by atoms with Crippen LogP contribution >= 0.6 is 15.9 Å². The minimum absolute atomic E-state index is 0.0267. The summed E-state index contributed by atoms with van der Waals surface area (Å²) in [7, 11) is 0. The summed E-state index contributed by atoms with van der Waals surface area (Å²) >= 11 is 3.09. The lowest BCUT2D eigenvalue weighted by atomic mass is 9.97. The first-order valence-electron chi connectivity index (χ1n) is 5.35. The number of nitrogens with zero attached hydrogens (tertiary/aromatic N) is 1. The highest BCUT2D eigenvalue weighted by atomic mass is 79.9. The first kappa shape index (κ1) is 14.5. The Kier molecular flexibility index (Phi) is 3.80. The van der Waals surface area contributed by atoms with Crippen molar-refractivity contribution < 1.29 is 23.1 Å². The van der Waals surface area contributed by atoms with Gasteiger partial charge in [0.2, 0.25) is 0 Å². The molecule has 0 unspecified atom stereocenters. The number of hydrogen-bond donors (Lipinski definition) is 1. The lowest BCUT2D eigenvalue weighted by molar-refractivity contribution is -0.137. The van der Waals surface area contributed by atoms with E-state index in [1.807, 2.05) is 0 Å². The summed E-state index contributed by atoms with van der Waals surface area (Å²) in [5, 5.41) is 9.12. The van der Waals surface area contributed by atoms with Crippen molar-refractivity contribution in [2.75, 3.05) is 0 Å². The standard InChI is InChI=1S/C13H7BrF3NO2/c14-7-1-2-8(9(5-7)12(19)20)10-6-18-4-3-11(10)13(15,16)17/h1-6H,(H,19,20). The average Bonchev–Trinajstić information content (AvgIpc) is 2.37. The Morgan fingerprint density at radius 1 is 1.20 bits per heavy atom. The van der Waals surface area contributed by atoms with E-state index in [1.54, 1.807) is 0 Å². The number of benzene rings is 1. The van der Waals surface area contributed by atoms with E-state index in [0.29, 0.717) is 4.47 Å². The Morgan fingerprint density at radius 3 is 2.50 bits per heavy atom. The number of rotatable bonds is 2. The maximum atomic E-state index is 13.0. The molecule has 0 bridgehead atoms. The molecule has 0 aliphatic heterocycles. The van der Waals surface area contributed by atoms with E-state index in [-0.39, 0.29) is 16.7 Å². The first-order valence-corrected chi connectivity index (χ1v) is 6.14. The number of halogens is 4. The van der Waals surface area contributed by atoms with Gasteiger partial charge in [-0.2, -0.15) is 13.2 Å². The molecule has 1 N–H and O–H groups in total. The molecule has 3 nitrogen and oxygen atoms in total. The van der Waals surface area contributed by atoms with Crippen molar-refractivity contribution in [2.45, 2.75) is 6.18 Å². The summed E-state index contributed by atoms with van der Waals surface area (Å²) in [5.41, 5.74) is -1.43. The van der Waals surface area contributed by atoms with Crippen molar-refractivity contribution in [1.82, 2.24) is 4.98 Å². The molecule has 0 spiro atoms. The van der Waals surface area contributed by atoms with Crippen LogP contribution in [0.5, 0.6) is 0 Å². The lowest BCUT2D eigenvalue weighted by Crippen LogP contribution is -2.09. The normalized spacial score (nSPS) is 11.4. The van der Waals surface area contributed by atoms with E-state index in [0.717, 1.165) is 18.5 Å². The molecule has 0 atom stereocenters. The van der Waals surface area contributed by atoms with Crippen LogP contribution in [0.4, 0.5) is 13.2 Å². The Balaban J connectivity index is 2.73. The van der Waals surface area contributed by atoms with Gasteiger partial charge in [-0.05, 0) is 23.8 Å². The summed E-state index contributed by atoms with van der Waals surface area (Å²) in [6.07, 6.45) is -2.55. The van der Waals surface area contributed by atoms with E-state index >= 15 is 0 Å². The monoisotopic (exact) mass is 345 g/mol. The fourth-order valence-corrected chi connectivity index (χ4v) is 2.15. The molecule has 0 saturated heterocycles. The average molecular weight is 346 g/mol. The summed E-state index contributed by atoms with van der Waals surface area (Å²) in [6, 6.07) is 4.88. The second-order valence-corrected chi connectivity index (χ2v) is 4.83. The van der Waals surface area contributed by atoms with Gasteiger partial charge < -0.3 is 5.11 Å². The number of carboxylic acids is 1. The van der Waals surface area contributed by atoms with Crippen LogP contribution in [0.15, 0.2) is 41.1 Å². The third kappa shape index (κ3) is 2.82. The first-order chi connectivity index (χ1) is 9.30. The van der Waals surface area contributed by atoms with Crippen molar-refractivity contribution in [2.24, 2.45) is 0 Å². The van der Waals surface area contributed by atoms with Crippen LogP contribution in [0.25, 0.3) is 11.1 Å². The van der Waals surface area contributed by atoms with Crippen LogP contribution in [-0.4, -0.2) is 16.1 Å². The van der Waals surface area contributed by atoms with E-state index in [2.05, 4.69) is 20.9 Å². The van der Waals surface area contributed by atoms with Crippen LogP contribution < -0.4 is 0 Å². The zero-order chi connectivity index (χ0) is 14.9. The molecular formula is C13H7BrF3NO2. The minimum atomic E-state index is -4.58. The zero-order valence-corrected chi connectivity index (χ0v) is 11.4. The molecule has 1 aromatic heterocycles. The van der Waals surface area contributed by atoms with Crippen molar-refractivity contribution in [3.63, 3.8) is 0 Å². The highest BCUT2D eigenvalue weighted by Crippen LogP contribution is 2.38. The van der Waals surface area contributed by atoms with E-state index in [4.69, 9.17) is 5.11 Å². The van der Waals surface area contributed by atoms with Gasteiger partial charge in [0.05, 0.1) is 11.1 Å². The molecule has 0 aliphatic carbocycles. The smallest absolute Gasteiger partial charge is 0.417 e. The molecule has 0 fully saturated rings. The lowest BCUT2D eigenvalue weighted by Gasteiger charge is -2.14. The highest BCUT2D eigenvalue weighted by Gasteiger charge is 2.34. The van der Waals surface area contributed by atoms with E-state index < -0.39 is 17.7 Å². The number of aromatic carboxylic acids is 1. The van der Waals surface area contributed by atoms with Gasteiger partial charge in [0.15, 0.2) is 0 Å². The van der Waals surface area contributed by atoms with Gasteiger partial charge in [0, 0.05) is 22.4 Å². The molecule has 2 aromatic rings. The van der Waals surface area contributed by atoms with Crippen molar-refractivity contribution in [3.05, 3.63) is 52.3 Å². The molecule has 1 heterocycles. The fourth-order valence-electron chi connectivity index (χ4n) is 1.78. The fraction of sp³-hybridized carbons (Fsp3) is 0.0769. The molecule has 0 aliphatic rings. The van der Waals surface area contributed by atoms with Gasteiger partial charge in [-0.1, -0.05) is 22.0 Å². The van der Waals surface area contributed by atoms with Gasteiger partial charge in [-0.15, -0.1) is 0 Å². The summed E-state index contributed by atoms with van der Waals surface area (Å²) in [6.45, 7) is 0. The Hall–Kier alpha value is -1.89. The minimum Gasteiger partial charge on any atom is -0.478 e. The largest absolute Gasteiger partial charge is 0.478 e. The number of carboxylic acid groups (broad SMARTS) is 1. The molecule has 0 saturated carbocycles. The van der Waals surface area contributed by atoms with Gasteiger partial charge >= 0.3 is 12.1 Å². The molecule has 1 aromatic carbocycles. The third-order valence-electron chi connectivity index (χ3n) is 2.63. The quantitative estimate of drug-likeness (QED) is 0.886. The Labute approximate surface area is 120 Å². The van der Waals surface area contributed by atoms with Crippen molar-refractivity contribution in [1.29, 1.82) is 0 Å². The van der Waals surface area contributed by atoms with Crippen LogP contribution in [0.3, 0.4) is 0 Å². The second-order valence-electron chi connectivity index (χ2n) is 3.91. The molecule has 0 radical (unpaired) electrons. The molecule has 20 heavy (non-hydrogen) atoms. The summed E-state index contributed by atoms with van der Waals surface area (Å²) < 4.78 is 39.4. The van der Waals surface area contributed by atoms with Gasteiger partial charge in [0.25, 0.3) is 0 Å². The Bertz CT molecular complexity index is 671. The number of hydrogen-bond acceptors (Lipinski definition) is 2. The molecule has 2 rings (SSSR count).